The second-order valence-electron chi connectivity index (χ2n) is 5.35. The number of hydrogen-bond acceptors (Lipinski definition) is 2. The van der Waals surface area contributed by atoms with Crippen molar-refractivity contribution in [2.45, 2.75) is 44.8 Å². The minimum atomic E-state index is -0.363. The Balaban J connectivity index is 1.83. The van der Waals surface area contributed by atoms with Gasteiger partial charge < -0.3 is 9.84 Å². The summed E-state index contributed by atoms with van der Waals surface area (Å²) in [5, 5.41) is 10.4. The molecule has 1 N–H and O–H groups in total. The number of ether oxygens (including phenoxy) is 1. The molecule has 1 aromatic rings. The molecule has 92 valence electrons. The maximum absolute atomic E-state index is 10.4. The molecule has 0 bridgehead atoms. The molecule has 3 unspecified atom stereocenters. The molecule has 2 heteroatoms. The average Bonchev–Trinajstić information content (AvgIpc) is 2.95. The van der Waals surface area contributed by atoms with Gasteiger partial charge in [0.25, 0.3) is 0 Å². The Morgan fingerprint density at radius 3 is 2.88 bits per heavy atom. The van der Waals surface area contributed by atoms with Crippen molar-refractivity contribution >= 4 is 0 Å². The predicted octanol–water partition coefficient (Wildman–Crippen LogP) is 2.63. The van der Waals surface area contributed by atoms with E-state index in [2.05, 4.69) is 25.1 Å². The lowest BCUT2D eigenvalue weighted by molar-refractivity contribution is 0.0431. The van der Waals surface area contributed by atoms with E-state index in [-0.39, 0.29) is 18.1 Å². The van der Waals surface area contributed by atoms with Gasteiger partial charge in [-0.05, 0) is 49.3 Å². The SMILES string of the molecule is CC1OCCC1C(O)c1ccc2c(c1)CCC2. The van der Waals surface area contributed by atoms with Gasteiger partial charge in [-0.1, -0.05) is 18.2 Å². The van der Waals surface area contributed by atoms with Crippen molar-refractivity contribution in [3.8, 4) is 0 Å². The molecule has 0 amide bonds. The van der Waals surface area contributed by atoms with E-state index in [1.54, 1.807) is 0 Å². The van der Waals surface area contributed by atoms with Gasteiger partial charge in [-0.25, -0.2) is 0 Å². The highest BCUT2D eigenvalue weighted by atomic mass is 16.5. The summed E-state index contributed by atoms with van der Waals surface area (Å²) in [5.41, 5.74) is 3.98. The first-order valence-electron chi connectivity index (χ1n) is 6.67. The average molecular weight is 232 g/mol. The summed E-state index contributed by atoms with van der Waals surface area (Å²) in [5.74, 6) is 0.259. The Hall–Kier alpha value is -0.860. The second-order valence-corrected chi connectivity index (χ2v) is 5.35. The fourth-order valence-electron chi connectivity index (χ4n) is 3.19. The van der Waals surface area contributed by atoms with Gasteiger partial charge in [0.15, 0.2) is 0 Å². The van der Waals surface area contributed by atoms with E-state index >= 15 is 0 Å². The number of aryl methyl sites for hydroxylation is 2. The maximum atomic E-state index is 10.4. The van der Waals surface area contributed by atoms with Gasteiger partial charge in [-0.3, -0.25) is 0 Å². The Bertz CT molecular complexity index is 413. The van der Waals surface area contributed by atoms with Crippen molar-refractivity contribution in [3.63, 3.8) is 0 Å². The molecule has 1 saturated heterocycles. The van der Waals surface area contributed by atoms with E-state index in [4.69, 9.17) is 4.74 Å². The smallest absolute Gasteiger partial charge is 0.0843 e. The van der Waals surface area contributed by atoms with E-state index in [0.717, 1.165) is 18.6 Å². The van der Waals surface area contributed by atoms with Gasteiger partial charge in [0, 0.05) is 12.5 Å². The molecule has 3 rings (SSSR count). The molecule has 1 heterocycles. The van der Waals surface area contributed by atoms with Gasteiger partial charge in [0.1, 0.15) is 0 Å². The lowest BCUT2D eigenvalue weighted by Crippen LogP contribution is -2.19. The van der Waals surface area contributed by atoms with E-state index in [1.165, 1.54) is 30.4 Å². The summed E-state index contributed by atoms with van der Waals surface area (Å²) < 4.78 is 5.54. The molecule has 2 nitrogen and oxygen atoms in total. The fraction of sp³-hybridized carbons (Fsp3) is 0.600. The number of rotatable bonds is 2. The standard InChI is InChI=1S/C15H20O2/c1-10-14(7-8-17-10)15(16)13-6-5-11-3-2-4-12(11)9-13/h5-6,9-10,14-16H,2-4,7-8H2,1H3. The molecular formula is C15H20O2. The molecule has 2 aliphatic rings. The van der Waals surface area contributed by atoms with Crippen LogP contribution in [-0.4, -0.2) is 17.8 Å². The van der Waals surface area contributed by atoms with Gasteiger partial charge in [0.2, 0.25) is 0 Å². The molecule has 1 aliphatic carbocycles. The van der Waals surface area contributed by atoms with E-state index in [0.29, 0.717) is 0 Å². The maximum Gasteiger partial charge on any atom is 0.0843 e. The van der Waals surface area contributed by atoms with E-state index in [1.807, 2.05) is 0 Å². The summed E-state index contributed by atoms with van der Waals surface area (Å²) in [7, 11) is 0. The summed E-state index contributed by atoms with van der Waals surface area (Å²) in [6.45, 7) is 2.85. The number of fused-ring (bicyclic) bond motifs is 1. The molecule has 0 aromatic heterocycles. The van der Waals surface area contributed by atoms with Gasteiger partial charge in [0.05, 0.1) is 12.2 Å². The van der Waals surface area contributed by atoms with Crippen LogP contribution >= 0.6 is 0 Å². The Kier molecular flexibility index (Phi) is 2.93. The van der Waals surface area contributed by atoms with Crippen molar-refractivity contribution in [2.75, 3.05) is 6.61 Å². The number of aliphatic hydroxyl groups excluding tert-OH is 1. The fourth-order valence-corrected chi connectivity index (χ4v) is 3.19. The van der Waals surface area contributed by atoms with Crippen LogP contribution in [0, 0.1) is 5.92 Å². The summed E-state index contributed by atoms with van der Waals surface area (Å²) in [4.78, 5) is 0. The lowest BCUT2D eigenvalue weighted by atomic mass is 9.89. The lowest BCUT2D eigenvalue weighted by Gasteiger charge is -2.21. The predicted molar refractivity (Wildman–Crippen MR) is 66.9 cm³/mol. The Labute approximate surface area is 103 Å². The summed E-state index contributed by atoms with van der Waals surface area (Å²) in [6.07, 6.45) is 4.43. The second kappa shape index (κ2) is 4.43. The third-order valence-corrected chi connectivity index (χ3v) is 4.30. The highest BCUT2D eigenvalue weighted by Gasteiger charge is 2.31. The van der Waals surface area contributed by atoms with E-state index < -0.39 is 0 Å². The summed E-state index contributed by atoms with van der Waals surface area (Å²) >= 11 is 0. The normalized spacial score (nSPS) is 29.3. The van der Waals surface area contributed by atoms with Crippen LogP contribution in [0.2, 0.25) is 0 Å². The van der Waals surface area contributed by atoms with Crippen LogP contribution in [0.3, 0.4) is 0 Å². The zero-order chi connectivity index (χ0) is 11.8. The third-order valence-electron chi connectivity index (χ3n) is 4.30. The number of aliphatic hydroxyl groups is 1. The first-order valence-corrected chi connectivity index (χ1v) is 6.67. The Morgan fingerprint density at radius 2 is 2.12 bits per heavy atom. The van der Waals surface area contributed by atoms with Crippen molar-refractivity contribution in [1.29, 1.82) is 0 Å². The minimum absolute atomic E-state index is 0.179. The zero-order valence-electron chi connectivity index (χ0n) is 10.4. The first-order chi connectivity index (χ1) is 8.25. The topological polar surface area (TPSA) is 29.5 Å². The molecule has 0 radical (unpaired) electrons. The molecule has 3 atom stereocenters. The molecule has 1 aliphatic heterocycles. The molecule has 0 saturated carbocycles. The largest absolute Gasteiger partial charge is 0.388 e. The van der Waals surface area contributed by atoms with Crippen molar-refractivity contribution in [2.24, 2.45) is 5.92 Å². The molecular weight excluding hydrogens is 212 g/mol. The third kappa shape index (κ3) is 2.00. The summed E-state index contributed by atoms with van der Waals surface area (Å²) in [6, 6.07) is 6.50. The monoisotopic (exact) mass is 232 g/mol. The highest BCUT2D eigenvalue weighted by molar-refractivity contribution is 5.36. The molecule has 17 heavy (non-hydrogen) atoms. The minimum Gasteiger partial charge on any atom is -0.388 e. The van der Waals surface area contributed by atoms with Crippen LogP contribution in [0.15, 0.2) is 18.2 Å². The van der Waals surface area contributed by atoms with Crippen molar-refractivity contribution in [3.05, 3.63) is 34.9 Å². The van der Waals surface area contributed by atoms with Crippen molar-refractivity contribution in [1.82, 2.24) is 0 Å². The van der Waals surface area contributed by atoms with Crippen LogP contribution in [-0.2, 0) is 17.6 Å². The van der Waals surface area contributed by atoms with Crippen LogP contribution < -0.4 is 0 Å². The van der Waals surface area contributed by atoms with Crippen LogP contribution in [0.5, 0.6) is 0 Å². The highest BCUT2D eigenvalue weighted by Crippen LogP contribution is 2.34. The van der Waals surface area contributed by atoms with Crippen molar-refractivity contribution < 1.29 is 9.84 Å². The van der Waals surface area contributed by atoms with Crippen LogP contribution in [0.1, 0.15) is 42.6 Å². The molecule has 1 aromatic carbocycles. The molecule has 0 spiro atoms. The quantitative estimate of drug-likeness (QED) is 0.849. The zero-order valence-corrected chi connectivity index (χ0v) is 10.4. The Morgan fingerprint density at radius 1 is 1.29 bits per heavy atom. The van der Waals surface area contributed by atoms with Gasteiger partial charge >= 0.3 is 0 Å². The number of hydrogen-bond donors (Lipinski definition) is 1. The first kappa shape index (κ1) is 11.2. The molecule has 1 fully saturated rings. The van der Waals surface area contributed by atoms with Crippen LogP contribution in [0.25, 0.3) is 0 Å². The van der Waals surface area contributed by atoms with Crippen LogP contribution in [0.4, 0.5) is 0 Å². The van der Waals surface area contributed by atoms with Gasteiger partial charge in [-0.2, -0.15) is 0 Å². The van der Waals surface area contributed by atoms with Gasteiger partial charge in [-0.15, -0.1) is 0 Å². The van der Waals surface area contributed by atoms with E-state index in [9.17, 15) is 5.11 Å². The number of benzene rings is 1.